The van der Waals surface area contributed by atoms with Gasteiger partial charge < -0.3 is 4.90 Å². The van der Waals surface area contributed by atoms with Crippen LogP contribution in [0.2, 0.25) is 0 Å². The summed E-state index contributed by atoms with van der Waals surface area (Å²) in [7, 11) is 1.97. The van der Waals surface area contributed by atoms with Gasteiger partial charge in [-0.05, 0) is 80.1 Å². The first-order valence-corrected chi connectivity index (χ1v) is 15.9. The molecule has 4 aromatic carbocycles. The number of unbranched alkanes of at least 4 members (excludes halogenated alkanes) is 1. The molecule has 1 aliphatic heterocycles. The number of para-hydroxylation sites is 1. The molecule has 226 valence electrons. The predicted octanol–water partition coefficient (Wildman–Crippen LogP) is 6.77. The minimum Gasteiger partial charge on any atom is -0.339 e. The summed E-state index contributed by atoms with van der Waals surface area (Å²) >= 11 is 0. The van der Waals surface area contributed by atoms with Crippen LogP contribution >= 0.6 is 0 Å². The third-order valence-electron chi connectivity index (χ3n) is 9.33. The number of hydrogen-bond acceptors (Lipinski definition) is 3. The lowest BCUT2D eigenvalue weighted by atomic mass is 9.99. The second-order valence-corrected chi connectivity index (χ2v) is 12.0. The van der Waals surface area contributed by atoms with Crippen LogP contribution in [0.15, 0.2) is 108 Å². The number of piperidine rings is 1. The Balaban J connectivity index is 1.19. The number of benzene rings is 4. The maximum Gasteiger partial charge on any atom is 0.276 e. The van der Waals surface area contributed by atoms with Crippen LogP contribution in [0.3, 0.4) is 0 Å². The number of amides is 1. The van der Waals surface area contributed by atoms with Crippen molar-refractivity contribution < 1.29 is 4.79 Å². The number of likely N-dealkylation sites (tertiary alicyclic amines) is 1. The second-order valence-electron chi connectivity index (χ2n) is 12.0. The van der Waals surface area contributed by atoms with Crippen LogP contribution in [0.4, 0.5) is 0 Å². The molecule has 1 aliphatic rings. The van der Waals surface area contributed by atoms with Crippen LogP contribution in [-0.4, -0.2) is 50.7 Å². The molecule has 1 amide bonds. The second kappa shape index (κ2) is 13.5. The van der Waals surface area contributed by atoms with Crippen LogP contribution in [0.5, 0.6) is 0 Å². The van der Waals surface area contributed by atoms with Gasteiger partial charge in [-0.15, -0.1) is 0 Å². The monoisotopic (exact) mass is 586 g/mol. The highest BCUT2D eigenvalue weighted by Crippen LogP contribution is 2.25. The molecule has 1 aromatic heterocycles. The van der Waals surface area contributed by atoms with E-state index in [4.69, 9.17) is 0 Å². The number of carbonyl (C=O) groups excluding carboxylic acids is 1. The smallest absolute Gasteiger partial charge is 0.276 e. The molecule has 0 bridgehead atoms. The molecule has 5 aromatic rings. The zero-order chi connectivity index (χ0) is 30.5. The molecular formula is C38H42N4O2. The number of aryl methyl sites for hydroxylation is 1. The molecule has 0 unspecified atom stereocenters. The zero-order valence-corrected chi connectivity index (χ0v) is 25.9. The number of carbonyl (C=O) groups is 1. The molecule has 44 heavy (non-hydrogen) atoms. The van der Waals surface area contributed by atoms with Crippen LogP contribution in [0.25, 0.3) is 16.5 Å². The standard InChI is InChI=1S/C38H42N4O2/c1-29-36(38(44)42(39(29)2)33-19-7-4-8-20-33)28-41(25-12-11-16-30-14-5-3-6-15-30)32-23-26-40(27-24-32)37(43)35-22-13-18-31-17-9-10-21-34(31)35/h3-10,13-15,17-22,32H,11-12,16,23-28H2,1-2H3. The molecule has 1 saturated heterocycles. The average Bonchev–Trinajstić information content (AvgIpc) is 3.29. The fraction of sp³-hybridized carbons (Fsp3) is 0.316. The van der Waals surface area contributed by atoms with Crippen molar-refractivity contribution in [3.8, 4) is 5.69 Å². The Morgan fingerprint density at radius 1 is 0.818 bits per heavy atom. The highest BCUT2D eigenvalue weighted by atomic mass is 16.2. The summed E-state index contributed by atoms with van der Waals surface area (Å²) in [5.74, 6) is 0.110. The van der Waals surface area contributed by atoms with Crippen molar-refractivity contribution in [2.24, 2.45) is 7.05 Å². The van der Waals surface area contributed by atoms with Gasteiger partial charge in [0.05, 0.1) is 11.3 Å². The van der Waals surface area contributed by atoms with Gasteiger partial charge in [-0.3, -0.25) is 19.2 Å². The van der Waals surface area contributed by atoms with Crippen LogP contribution < -0.4 is 5.56 Å². The Labute approximate surface area is 260 Å². The van der Waals surface area contributed by atoms with Gasteiger partial charge in [0, 0.05) is 44.0 Å². The van der Waals surface area contributed by atoms with E-state index in [0.29, 0.717) is 12.6 Å². The van der Waals surface area contributed by atoms with E-state index in [9.17, 15) is 9.59 Å². The zero-order valence-electron chi connectivity index (χ0n) is 25.9. The van der Waals surface area contributed by atoms with Crippen molar-refractivity contribution >= 4 is 16.7 Å². The van der Waals surface area contributed by atoms with Gasteiger partial charge in [0.25, 0.3) is 11.5 Å². The van der Waals surface area contributed by atoms with E-state index in [1.54, 1.807) is 4.68 Å². The lowest BCUT2D eigenvalue weighted by molar-refractivity contribution is 0.0606. The Kier molecular flexibility index (Phi) is 9.08. The van der Waals surface area contributed by atoms with Crippen LogP contribution in [0.1, 0.15) is 52.9 Å². The highest BCUT2D eigenvalue weighted by molar-refractivity contribution is 6.07. The molecular weight excluding hydrogens is 544 g/mol. The summed E-state index contributed by atoms with van der Waals surface area (Å²) < 4.78 is 3.76. The molecule has 0 aliphatic carbocycles. The quantitative estimate of drug-likeness (QED) is 0.170. The van der Waals surface area contributed by atoms with Crippen molar-refractivity contribution in [2.75, 3.05) is 19.6 Å². The summed E-state index contributed by atoms with van der Waals surface area (Å²) in [6.07, 6.45) is 5.00. The fourth-order valence-electron chi connectivity index (χ4n) is 6.70. The first-order valence-electron chi connectivity index (χ1n) is 15.9. The van der Waals surface area contributed by atoms with Gasteiger partial charge in [-0.2, -0.15) is 0 Å². The Morgan fingerprint density at radius 3 is 2.23 bits per heavy atom. The van der Waals surface area contributed by atoms with E-state index in [2.05, 4.69) is 54.3 Å². The topological polar surface area (TPSA) is 50.5 Å². The minimum absolute atomic E-state index is 0.0501. The number of hydrogen-bond donors (Lipinski definition) is 0. The van der Waals surface area contributed by atoms with E-state index >= 15 is 0 Å². The summed E-state index contributed by atoms with van der Waals surface area (Å²) in [5.41, 5.74) is 4.92. The van der Waals surface area contributed by atoms with E-state index in [1.165, 1.54) is 5.56 Å². The van der Waals surface area contributed by atoms with Crippen LogP contribution in [-0.2, 0) is 20.0 Å². The van der Waals surface area contributed by atoms with E-state index in [1.807, 2.05) is 77.3 Å². The largest absolute Gasteiger partial charge is 0.339 e. The van der Waals surface area contributed by atoms with Gasteiger partial charge >= 0.3 is 0 Å². The molecule has 6 nitrogen and oxygen atoms in total. The molecule has 0 atom stereocenters. The van der Waals surface area contributed by atoms with Gasteiger partial charge in [0.1, 0.15) is 0 Å². The van der Waals surface area contributed by atoms with Gasteiger partial charge in [-0.25, -0.2) is 4.68 Å². The first-order chi connectivity index (χ1) is 21.5. The van der Waals surface area contributed by atoms with Crippen molar-refractivity contribution in [1.29, 1.82) is 0 Å². The molecule has 2 heterocycles. The molecule has 0 spiro atoms. The lowest BCUT2D eigenvalue weighted by Gasteiger charge is -2.38. The molecule has 6 heteroatoms. The van der Waals surface area contributed by atoms with Crippen molar-refractivity contribution in [3.05, 3.63) is 136 Å². The van der Waals surface area contributed by atoms with Gasteiger partial charge in [0.2, 0.25) is 0 Å². The summed E-state index contributed by atoms with van der Waals surface area (Å²) in [5, 5.41) is 2.10. The highest BCUT2D eigenvalue weighted by Gasteiger charge is 2.29. The lowest BCUT2D eigenvalue weighted by Crippen LogP contribution is -2.47. The molecule has 6 rings (SSSR count). The maximum absolute atomic E-state index is 13.8. The molecule has 0 saturated carbocycles. The fourth-order valence-corrected chi connectivity index (χ4v) is 6.70. The Morgan fingerprint density at radius 2 is 1.48 bits per heavy atom. The molecule has 0 radical (unpaired) electrons. The van der Waals surface area contributed by atoms with Gasteiger partial charge in [-0.1, -0.05) is 84.9 Å². The third kappa shape index (κ3) is 6.27. The van der Waals surface area contributed by atoms with E-state index in [0.717, 1.165) is 85.0 Å². The summed E-state index contributed by atoms with van der Waals surface area (Å²) in [4.78, 5) is 32.0. The molecule has 0 N–H and O–H groups in total. The van der Waals surface area contributed by atoms with Crippen molar-refractivity contribution in [2.45, 2.75) is 51.6 Å². The first kappa shape index (κ1) is 29.6. The Hall–Kier alpha value is -4.42. The summed E-state index contributed by atoms with van der Waals surface area (Å²) in [6, 6.07) is 34.9. The Bertz CT molecular complexity index is 1760. The van der Waals surface area contributed by atoms with Crippen LogP contribution in [0, 0.1) is 6.92 Å². The normalized spacial score (nSPS) is 14.0. The minimum atomic E-state index is 0.0501. The number of rotatable bonds is 10. The van der Waals surface area contributed by atoms with E-state index < -0.39 is 0 Å². The number of aromatic nitrogens is 2. The van der Waals surface area contributed by atoms with E-state index in [-0.39, 0.29) is 11.5 Å². The molecule has 1 fully saturated rings. The van der Waals surface area contributed by atoms with Crippen molar-refractivity contribution in [3.63, 3.8) is 0 Å². The number of nitrogens with zero attached hydrogens (tertiary/aromatic N) is 4. The van der Waals surface area contributed by atoms with Crippen molar-refractivity contribution in [1.82, 2.24) is 19.2 Å². The SMILES string of the molecule is Cc1c(CN(CCCCc2ccccc2)C2CCN(C(=O)c3cccc4ccccc34)CC2)c(=O)n(-c2ccccc2)n1C. The number of fused-ring (bicyclic) bond motifs is 1. The van der Waals surface area contributed by atoms with Gasteiger partial charge in [0.15, 0.2) is 0 Å². The summed E-state index contributed by atoms with van der Waals surface area (Å²) in [6.45, 7) is 5.03. The maximum atomic E-state index is 13.8. The third-order valence-corrected chi connectivity index (χ3v) is 9.33. The average molecular weight is 587 g/mol. The predicted molar refractivity (Wildman–Crippen MR) is 178 cm³/mol.